The van der Waals surface area contributed by atoms with Gasteiger partial charge in [-0.05, 0) is 0 Å². The first-order chi connectivity index (χ1) is 2.00. The van der Waals surface area contributed by atoms with Crippen molar-refractivity contribution >= 4 is 45.7 Å². The van der Waals surface area contributed by atoms with Gasteiger partial charge in [-0.3, -0.25) is 4.89 Å². The predicted molar refractivity (Wildman–Crippen MR) is 17.8 cm³/mol. The Balaban J connectivity index is 0. The molecule has 0 spiro atoms. The molecule has 6 heteroatoms. The van der Waals surface area contributed by atoms with E-state index in [1.165, 1.54) is 0 Å². The van der Waals surface area contributed by atoms with E-state index < -0.39 is 7.99 Å². The van der Waals surface area contributed by atoms with Crippen LogP contribution in [-0.2, 0) is 4.57 Å². The molecule has 0 bridgehead atoms. The first kappa shape index (κ1) is 10.3. The van der Waals surface area contributed by atoms with Crippen LogP contribution in [0.2, 0.25) is 0 Å². The summed E-state index contributed by atoms with van der Waals surface area (Å²) in [5, 5.41) is 0. The van der Waals surface area contributed by atoms with Crippen molar-refractivity contribution in [2.75, 3.05) is 0 Å². The van der Waals surface area contributed by atoms with Gasteiger partial charge in [0.2, 0.25) is 0 Å². The van der Waals surface area contributed by atoms with Crippen molar-refractivity contribution < 1.29 is 17.9 Å². The monoisotopic (exact) mass is 142 g/mol. The molecule has 0 aromatic rings. The van der Waals surface area contributed by atoms with Crippen molar-refractivity contribution in [2.24, 2.45) is 0 Å². The second-order valence-corrected chi connectivity index (χ2v) is 1.30. The zero-order valence-electron chi connectivity index (χ0n) is 2.77. The molecule has 0 atom stereocenters. The molecule has 0 unspecified atom stereocenters. The van der Waals surface area contributed by atoms with Gasteiger partial charge in [0.15, 0.2) is 0 Å². The topological polar surface area (TPSA) is 37.3 Å². The molecule has 2 nitrogen and oxygen atoms in total. The predicted octanol–water partition coefficient (Wildman–Crippen LogP) is 0.645. The smallest absolute Gasteiger partial charge is 0.296 e. The average Bonchev–Trinajstić information content (AvgIpc) is 0.722. The van der Waals surface area contributed by atoms with Crippen molar-refractivity contribution in [3.8, 4) is 0 Å². The van der Waals surface area contributed by atoms with E-state index in [1.54, 1.807) is 0 Å². The summed E-state index contributed by atoms with van der Waals surface area (Å²) in [6, 6.07) is 0. The molecule has 0 aliphatic rings. The van der Waals surface area contributed by atoms with Crippen molar-refractivity contribution in [1.82, 2.24) is 0 Å². The van der Waals surface area contributed by atoms with Crippen LogP contribution in [0.1, 0.15) is 0 Å². The Kier molecular flexibility index (Phi) is 5.73. The molecular formula is HCaF2O2P. The van der Waals surface area contributed by atoms with E-state index in [0.29, 0.717) is 0 Å². The fourth-order valence-corrected chi connectivity index (χ4v) is 0. The van der Waals surface area contributed by atoms with Gasteiger partial charge in [0.1, 0.15) is 0 Å². The molecule has 0 aliphatic carbocycles. The number of hydrogen-bond acceptors (Lipinski definition) is 1. The van der Waals surface area contributed by atoms with Gasteiger partial charge in [0.05, 0.1) is 0 Å². The van der Waals surface area contributed by atoms with E-state index in [-0.39, 0.29) is 37.7 Å². The Morgan fingerprint density at radius 1 is 1.50 bits per heavy atom. The fourth-order valence-electron chi connectivity index (χ4n) is 0. The van der Waals surface area contributed by atoms with Gasteiger partial charge in [-0.15, -0.1) is 8.39 Å². The second-order valence-electron chi connectivity index (χ2n) is 0.435. The minimum atomic E-state index is -5.64. The van der Waals surface area contributed by atoms with Crippen LogP contribution in [0.15, 0.2) is 0 Å². The van der Waals surface area contributed by atoms with Crippen LogP contribution in [0.25, 0.3) is 0 Å². The van der Waals surface area contributed by atoms with Crippen molar-refractivity contribution in [2.45, 2.75) is 0 Å². The summed E-state index contributed by atoms with van der Waals surface area (Å²) in [4.78, 5) is 6.74. The fraction of sp³-hybridized carbons (Fsp3) is 0. The maximum Gasteiger partial charge on any atom is 0.549 e. The maximum absolute atomic E-state index is 10.1. The van der Waals surface area contributed by atoms with E-state index in [2.05, 4.69) is 0 Å². The van der Waals surface area contributed by atoms with Gasteiger partial charge in [0, 0.05) is 37.7 Å². The summed E-state index contributed by atoms with van der Waals surface area (Å²) in [6.07, 6.45) is 0. The SMILES string of the molecule is O=P(O)(F)F.[Ca]. The Bertz CT molecular complexity index is 57.7. The summed E-state index contributed by atoms with van der Waals surface area (Å²) in [6.45, 7) is 0. The molecule has 0 aromatic carbocycles. The Morgan fingerprint density at radius 2 is 1.50 bits per heavy atom. The quantitative estimate of drug-likeness (QED) is 0.398. The molecule has 34 valence electrons. The molecule has 0 fully saturated rings. The minimum absolute atomic E-state index is 0. The van der Waals surface area contributed by atoms with Crippen molar-refractivity contribution in [1.29, 1.82) is 0 Å². The zero-order chi connectivity index (χ0) is 4.50. The van der Waals surface area contributed by atoms with Gasteiger partial charge >= 0.3 is 7.99 Å². The van der Waals surface area contributed by atoms with Crippen LogP contribution in [0, 0.1) is 0 Å². The van der Waals surface area contributed by atoms with Crippen LogP contribution in [0.3, 0.4) is 0 Å². The van der Waals surface area contributed by atoms with Crippen molar-refractivity contribution in [3.63, 3.8) is 0 Å². The van der Waals surface area contributed by atoms with E-state index >= 15 is 0 Å². The molecule has 0 saturated heterocycles. The summed E-state index contributed by atoms with van der Waals surface area (Å²) in [5.41, 5.74) is 0. The third-order valence-corrected chi connectivity index (χ3v) is 0. The molecule has 0 aliphatic heterocycles. The molecule has 1 N–H and O–H groups in total. The van der Waals surface area contributed by atoms with Crippen LogP contribution < -0.4 is 0 Å². The van der Waals surface area contributed by atoms with Crippen LogP contribution in [0.4, 0.5) is 8.39 Å². The summed E-state index contributed by atoms with van der Waals surface area (Å²) in [5.74, 6) is 0. The van der Waals surface area contributed by atoms with Gasteiger partial charge in [-0.1, -0.05) is 0 Å². The van der Waals surface area contributed by atoms with Gasteiger partial charge in [-0.2, -0.15) is 0 Å². The summed E-state index contributed by atoms with van der Waals surface area (Å²) >= 11 is 0. The zero-order valence-corrected chi connectivity index (χ0v) is 5.87. The maximum atomic E-state index is 10.1. The Labute approximate surface area is 63.2 Å². The normalized spacial score (nSPS) is 9.83. The van der Waals surface area contributed by atoms with Gasteiger partial charge in [-0.25, -0.2) is 4.57 Å². The van der Waals surface area contributed by atoms with Crippen LogP contribution in [0.5, 0.6) is 0 Å². The average molecular weight is 142 g/mol. The minimum Gasteiger partial charge on any atom is -0.296 e. The summed E-state index contributed by atoms with van der Waals surface area (Å²) in [7, 11) is -5.64. The first-order valence-electron chi connectivity index (χ1n) is 0.721. The van der Waals surface area contributed by atoms with E-state index in [0.717, 1.165) is 0 Å². The number of halogens is 2. The molecule has 6 heavy (non-hydrogen) atoms. The summed E-state index contributed by atoms with van der Waals surface area (Å²) < 4.78 is 28.7. The molecule has 0 aromatic heterocycles. The van der Waals surface area contributed by atoms with Gasteiger partial charge < -0.3 is 0 Å². The molecule has 0 rings (SSSR count). The van der Waals surface area contributed by atoms with Crippen LogP contribution >= 0.6 is 7.99 Å². The van der Waals surface area contributed by atoms with E-state index in [1.807, 2.05) is 0 Å². The van der Waals surface area contributed by atoms with Crippen LogP contribution in [-0.4, -0.2) is 42.6 Å². The third-order valence-electron chi connectivity index (χ3n) is 0. The number of hydrogen-bond donors (Lipinski definition) is 1. The van der Waals surface area contributed by atoms with E-state index in [4.69, 9.17) is 9.46 Å². The van der Waals surface area contributed by atoms with Crippen molar-refractivity contribution in [3.05, 3.63) is 0 Å². The first-order valence-corrected chi connectivity index (χ1v) is 2.16. The standard InChI is InChI=1S/Ca.F2HO2P/c;1-5(2,3)4/h;(H,3,4). The molecular weight excluding hydrogens is 141 g/mol. The third kappa shape index (κ3) is 57.5. The van der Waals surface area contributed by atoms with Gasteiger partial charge in [0.25, 0.3) is 0 Å². The van der Waals surface area contributed by atoms with E-state index in [9.17, 15) is 8.39 Å². The Morgan fingerprint density at radius 3 is 1.50 bits per heavy atom. The molecule has 0 saturated carbocycles. The Hall–Kier alpha value is 1.31. The molecule has 2 radical (unpaired) electrons. The largest absolute Gasteiger partial charge is 0.549 e. The molecule has 0 amide bonds. The second kappa shape index (κ2) is 3.33. The number of rotatable bonds is 0. The molecule has 0 heterocycles.